The molecule has 1 aromatic carbocycles. The predicted molar refractivity (Wildman–Crippen MR) is 73.4 cm³/mol. The maximum atomic E-state index is 6.15. The molecule has 1 unspecified atom stereocenters. The van der Waals surface area contributed by atoms with E-state index in [9.17, 15) is 0 Å². The van der Waals surface area contributed by atoms with E-state index in [-0.39, 0.29) is 6.04 Å². The molecule has 1 N–H and O–H groups in total. The first kappa shape index (κ1) is 12.9. The van der Waals surface area contributed by atoms with Crippen molar-refractivity contribution in [1.29, 1.82) is 0 Å². The van der Waals surface area contributed by atoms with E-state index in [0.717, 1.165) is 10.6 Å². The van der Waals surface area contributed by atoms with Crippen LogP contribution in [-0.4, -0.2) is 9.59 Å². The quantitative estimate of drug-likeness (QED) is 0.837. The number of hydrogen-bond acceptors (Lipinski definition) is 4. The Morgan fingerprint density at radius 2 is 2.00 bits per heavy atom. The molecule has 0 aliphatic rings. The van der Waals surface area contributed by atoms with Crippen molar-refractivity contribution in [1.82, 2.24) is 9.59 Å². The summed E-state index contributed by atoms with van der Waals surface area (Å²) in [6.07, 6.45) is 1.66. The molecule has 1 heterocycles. The molecule has 0 spiro atoms. The van der Waals surface area contributed by atoms with E-state index in [4.69, 9.17) is 34.8 Å². The number of benzene rings is 1. The van der Waals surface area contributed by atoms with Gasteiger partial charge in [-0.25, -0.2) is 0 Å². The molecule has 7 heteroatoms. The van der Waals surface area contributed by atoms with Gasteiger partial charge in [0.2, 0.25) is 0 Å². The fourth-order valence-electron chi connectivity index (χ4n) is 1.40. The summed E-state index contributed by atoms with van der Waals surface area (Å²) in [5.41, 5.74) is 0.884. The largest absolute Gasteiger partial charge is 0.368 e. The molecule has 0 saturated carbocycles. The van der Waals surface area contributed by atoms with Crippen LogP contribution in [0.15, 0.2) is 18.3 Å². The SMILES string of the molecule is CC(Nc1cnns1)c1ccc(Cl)c(Cl)c1Cl. The van der Waals surface area contributed by atoms with Gasteiger partial charge in [-0.15, -0.1) is 5.10 Å². The first-order valence-electron chi connectivity index (χ1n) is 4.77. The lowest BCUT2D eigenvalue weighted by molar-refractivity contribution is 0.889. The predicted octanol–water partition coefficient (Wildman–Crippen LogP) is 4.67. The summed E-state index contributed by atoms with van der Waals surface area (Å²) < 4.78 is 3.77. The highest BCUT2D eigenvalue weighted by Gasteiger charge is 2.14. The Bertz CT molecular complexity index is 516. The molecule has 90 valence electrons. The van der Waals surface area contributed by atoms with E-state index in [2.05, 4.69) is 14.9 Å². The lowest BCUT2D eigenvalue weighted by Gasteiger charge is -2.16. The fourth-order valence-corrected chi connectivity index (χ4v) is 2.61. The van der Waals surface area contributed by atoms with E-state index >= 15 is 0 Å². The molecule has 0 fully saturated rings. The number of rotatable bonds is 3. The highest BCUT2D eigenvalue weighted by molar-refractivity contribution is 7.09. The molecular formula is C10H8Cl3N3S. The minimum atomic E-state index is -0.000448. The van der Waals surface area contributed by atoms with Crippen LogP contribution in [0.25, 0.3) is 0 Å². The van der Waals surface area contributed by atoms with Gasteiger partial charge in [-0.05, 0) is 18.6 Å². The molecule has 0 amide bonds. The van der Waals surface area contributed by atoms with Crippen LogP contribution in [0, 0.1) is 0 Å². The molecule has 1 aromatic heterocycles. The maximum absolute atomic E-state index is 6.15. The molecule has 2 aromatic rings. The van der Waals surface area contributed by atoms with Crippen LogP contribution in [0.3, 0.4) is 0 Å². The van der Waals surface area contributed by atoms with Gasteiger partial charge < -0.3 is 5.32 Å². The second-order valence-corrected chi connectivity index (χ2v) is 5.36. The summed E-state index contributed by atoms with van der Waals surface area (Å²) in [5, 5.41) is 9.15. The van der Waals surface area contributed by atoms with Crippen LogP contribution in [0.5, 0.6) is 0 Å². The summed E-state index contributed by atoms with van der Waals surface area (Å²) in [6, 6.07) is 3.58. The van der Waals surface area contributed by atoms with Gasteiger partial charge >= 0.3 is 0 Å². The summed E-state index contributed by atoms with van der Waals surface area (Å²) in [7, 11) is 0. The Kier molecular flexibility index (Phi) is 4.09. The number of aromatic nitrogens is 2. The van der Waals surface area contributed by atoms with Gasteiger partial charge in [-0.1, -0.05) is 45.4 Å². The molecule has 0 bridgehead atoms. The van der Waals surface area contributed by atoms with Crippen LogP contribution < -0.4 is 5.32 Å². The lowest BCUT2D eigenvalue weighted by atomic mass is 10.1. The monoisotopic (exact) mass is 307 g/mol. The summed E-state index contributed by atoms with van der Waals surface area (Å²) in [4.78, 5) is 0. The zero-order chi connectivity index (χ0) is 12.4. The Balaban J connectivity index is 2.25. The van der Waals surface area contributed by atoms with Crippen molar-refractivity contribution in [3.8, 4) is 0 Å². The second-order valence-electron chi connectivity index (χ2n) is 3.41. The van der Waals surface area contributed by atoms with Crippen LogP contribution in [0.2, 0.25) is 15.1 Å². The van der Waals surface area contributed by atoms with Crippen LogP contribution in [0.4, 0.5) is 5.00 Å². The molecule has 0 radical (unpaired) electrons. The summed E-state index contributed by atoms with van der Waals surface area (Å²) >= 11 is 19.3. The van der Waals surface area contributed by atoms with E-state index in [1.807, 2.05) is 13.0 Å². The van der Waals surface area contributed by atoms with E-state index < -0.39 is 0 Å². The summed E-state index contributed by atoms with van der Waals surface area (Å²) in [6.45, 7) is 1.98. The van der Waals surface area contributed by atoms with Gasteiger partial charge in [0.1, 0.15) is 5.00 Å². The Morgan fingerprint density at radius 3 is 2.65 bits per heavy atom. The first-order chi connectivity index (χ1) is 8.09. The van der Waals surface area contributed by atoms with Gasteiger partial charge in [0.05, 0.1) is 27.3 Å². The standard InChI is InChI=1S/C10H8Cl3N3S/c1-5(15-8-4-14-16-17-8)6-2-3-7(11)10(13)9(6)12/h2-5,15H,1H3. The van der Waals surface area contributed by atoms with Gasteiger partial charge in [0.25, 0.3) is 0 Å². The van der Waals surface area contributed by atoms with Crippen molar-refractivity contribution in [2.45, 2.75) is 13.0 Å². The number of nitrogens with one attached hydrogen (secondary N) is 1. The van der Waals surface area contributed by atoms with Gasteiger partial charge in [0, 0.05) is 11.5 Å². The lowest BCUT2D eigenvalue weighted by Crippen LogP contribution is -2.06. The summed E-state index contributed by atoms with van der Waals surface area (Å²) in [5.74, 6) is 0. The zero-order valence-electron chi connectivity index (χ0n) is 8.75. The van der Waals surface area contributed by atoms with Crippen LogP contribution in [-0.2, 0) is 0 Å². The third-order valence-corrected chi connectivity index (χ3v) is 4.16. The topological polar surface area (TPSA) is 37.8 Å². The fraction of sp³-hybridized carbons (Fsp3) is 0.200. The maximum Gasteiger partial charge on any atom is 0.130 e. The molecule has 2 rings (SSSR count). The van der Waals surface area contributed by atoms with Crippen LogP contribution >= 0.6 is 46.3 Å². The molecular weight excluding hydrogens is 301 g/mol. The normalized spacial score (nSPS) is 12.5. The third kappa shape index (κ3) is 2.83. The smallest absolute Gasteiger partial charge is 0.130 e. The zero-order valence-corrected chi connectivity index (χ0v) is 11.8. The molecule has 1 atom stereocenters. The Hall–Kier alpha value is -0.550. The Labute approximate surface area is 118 Å². The van der Waals surface area contributed by atoms with Crippen molar-refractivity contribution in [3.63, 3.8) is 0 Å². The number of nitrogens with zero attached hydrogens (tertiary/aromatic N) is 2. The van der Waals surface area contributed by atoms with Crippen LogP contribution in [0.1, 0.15) is 18.5 Å². The van der Waals surface area contributed by atoms with E-state index in [0.29, 0.717) is 15.1 Å². The molecule has 0 saturated heterocycles. The van der Waals surface area contributed by atoms with Crippen molar-refractivity contribution < 1.29 is 0 Å². The average molecular weight is 309 g/mol. The number of anilines is 1. The van der Waals surface area contributed by atoms with Crippen molar-refractivity contribution in [2.75, 3.05) is 5.32 Å². The molecule has 0 aliphatic carbocycles. The van der Waals surface area contributed by atoms with Gasteiger partial charge in [-0.2, -0.15) is 0 Å². The van der Waals surface area contributed by atoms with Crippen molar-refractivity contribution in [2.24, 2.45) is 0 Å². The van der Waals surface area contributed by atoms with E-state index in [1.165, 1.54) is 11.5 Å². The van der Waals surface area contributed by atoms with E-state index in [1.54, 1.807) is 12.3 Å². The number of halogens is 3. The minimum absolute atomic E-state index is 0.000448. The average Bonchev–Trinajstić information content (AvgIpc) is 2.78. The van der Waals surface area contributed by atoms with Gasteiger partial charge in [-0.3, -0.25) is 0 Å². The van der Waals surface area contributed by atoms with Gasteiger partial charge in [0.15, 0.2) is 0 Å². The first-order valence-corrected chi connectivity index (χ1v) is 6.67. The second kappa shape index (κ2) is 5.40. The van der Waals surface area contributed by atoms with Crippen molar-refractivity contribution >= 4 is 51.3 Å². The van der Waals surface area contributed by atoms with Crippen molar-refractivity contribution in [3.05, 3.63) is 39.0 Å². The highest BCUT2D eigenvalue weighted by Crippen LogP contribution is 2.36. The molecule has 0 aliphatic heterocycles. The minimum Gasteiger partial charge on any atom is -0.368 e. The number of hydrogen-bond donors (Lipinski definition) is 1. The molecule has 3 nitrogen and oxygen atoms in total. The third-order valence-electron chi connectivity index (χ3n) is 2.25. The highest BCUT2D eigenvalue weighted by atomic mass is 35.5. The molecule has 17 heavy (non-hydrogen) atoms. The Morgan fingerprint density at radius 1 is 1.24 bits per heavy atom.